The van der Waals surface area contributed by atoms with Crippen LogP contribution in [-0.2, 0) is 0 Å². The summed E-state index contributed by atoms with van der Waals surface area (Å²) < 4.78 is 0. The Morgan fingerprint density at radius 1 is 1.38 bits per heavy atom. The molecule has 0 aromatic heterocycles. The first kappa shape index (κ1) is 13.0. The molecule has 0 saturated heterocycles. The van der Waals surface area contributed by atoms with Gasteiger partial charge in [0.15, 0.2) is 0 Å². The molecule has 3 atom stereocenters. The van der Waals surface area contributed by atoms with Crippen LogP contribution in [0.4, 0.5) is 0 Å². The van der Waals surface area contributed by atoms with E-state index in [0.29, 0.717) is 0 Å². The molecule has 3 unspecified atom stereocenters. The summed E-state index contributed by atoms with van der Waals surface area (Å²) in [4.78, 5) is 0. The monoisotopic (exact) mass is 183 g/mol. The average molecular weight is 183 g/mol. The van der Waals surface area contributed by atoms with Crippen molar-refractivity contribution in [1.29, 1.82) is 0 Å². The van der Waals surface area contributed by atoms with Crippen LogP contribution < -0.4 is 5.32 Å². The van der Waals surface area contributed by atoms with Crippen LogP contribution in [0.3, 0.4) is 0 Å². The molecule has 0 rings (SSSR count). The fourth-order valence-electron chi connectivity index (χ4n) is 2.47. The Kier molecular flexibility index (Phi) is 5.70. The molecular weight excluding hydrogens is 157 g/mol. The van der Waals surface area contributed by atoms with Gasteiger partial charge in [-0.3, -0.25) is 0 Å². The lowest BCUT2D eigenvalue weighted by atomic mass is 9.63. The van der Waals surface area contributed by atoms with E-state index in [1.165, 1.54) is 19.3 Å². The molecule has 0 aromatic rings. The van der Waals surface area contributed by atoms with Crippen molar-refractivity contribution in [3.63, 3.8) is 0 Å². The molecule has 0 aromatic carbocycles. The fraction of sp³-hybridized carbons (Fsp3) is 1.00. The molecule has 2 heteroatoms. The Bertz CT molecular complexity index is 134. The SMILES string of the molecule is BC(C)(NC)C(CC)C(C)CCC. The first-order valence-electron chi connectivity index (χ1n) is 5.68. The van der Waals surface area contributed by atoms with Gasteiger partial charge in [0.2, 0.25) is 0 Å². The van der Waals surface area contributed by atoms with E-state index in [2.05, 4.69) is 47.9 Å². The van der Waals surface area contributed by atoms with Crippen LogP contribution in [0.25, 0.3) is 0 Å². The third kappa shape index (κ3) is 3.72. The van der Waals surface area contributed by atoms with Crippen LogP contribution in [0.5, 0.6) is 0 Å². The summed E-state index contributed by atoms with van der Waals surface area (Å²) in [6.45, 7) is 9.27. The van der Waals surface area contributed by atoms with Gasteiger partial charge in [-0.25, -0.2) is 0 Å². The molecule has 78 valence electrons. The number of hydrogen-bond acceptors (Lipinski definition) is 1. The van der Waals surface area contributed by atoms with E-state index in [4.69, 9.17) is 0 Å². The summed E-state index contributed by atoms with van der Waals surface area (Å²) in [6.07, 6.45) is 3.93. The van der Waals surface area contributed by atoms with Gasteiger partial charge in [-0.15, -0.1) is 0 Å². The predicted octanol–water partition coefficient (Wildman–Crippen LogP) is 2.02. The van der Waals surface area contributed by atoms with Gasteiger partial charge in [-0.1, -0.05) is 47.0 Å². The van der Waals surface area contributed by atoms with Crippen molar-refractivity contribution in [1.82, 2.24) is 5.32 Å². The fourth-order valence-corrected chi connectivity index (χ4v) is 2.47. The molecule has 0 bridgehead atoms. The summed E-state index contributed by atoms with van der Waals surface area (Å²) in [5.41, 5.74) is 0.281. The zero-order chi connectivity index (χ0) is 10.5. The molecule has 0 aliphatic rings. The Morgan fingerprint density at radius 2 is 1.92 bits per heavy atom. The Morgan fingerprint density at radius 3 is 2.23 bits per heavy atom. The molecule has 13 heavy (non-hydrogen) atoms. The van der Waals surface area contributed by atoms with Crippen molar-refractivity contribution in [2.45, 2.75) is 52.4 Å². The zero-order valence-corrected chi connectivity index (χ0v) is 10.3. The van der Waals surface area contributed by atoms with Gasteiger partial charge in [0, 0.05) is 0 Å². The van der Waals surface area contributed by atoms with Gasteiger partial charge in [-0.05, 0) is 24.3 Å². The summed E-state index contributed by atoms with van der Waals surface area (Å²) >= 11 is 0. The summed E-state index contributed by atoms with van der Waals surface area (Å²) in [5, 5.41) is 3.43. The maximum Gasteiger partial charge on any atom is 0.127 e. The van der Waals surface area contributed by atoms with Crippen molar-refractivity contribution in [3.05, 3.63) is 0 Å². The highest BCUT2D eigenvalue weighted by Crippen LogP contribution is 2.28. The second kappa shape index (κ2) is 5.69. The van der Waals surface area contributed by atoms with Crippen molar-refractivity contribution in [2.75, 3.05) is 7.05 Å². The lowest BCUT2D eigenvalue weighted by Gasteiger charge is -2.38. The lowest BCUT2D eigenvalue weighted by molar-refractivity contribution is 0.232. The van der Waals surface area contributed by atoms with E-state index >= 15 is 0 Å². The number of rotatable bonds is 6. The van der Waals surface area contributed by atoms with E-state index in [-0.39, 0.29) is 5.44 Å². The van der Waals surface area contributed by atoms with E-state index in [9.17, 15) is 0 Å². The second-order valence-corrected chi connectivity index (χ2v) is 4.75. The van der Waals surface area contributed by atoms with Crippen LogP contribution >= 0.6 is 0 Å². The lowest BCUT2D eigenvalue weighted by Crippen LogP contribution is -2.49. The Hall–Kier alpha value is 0.0249. The maximum atomic E-state index is 3.43. The summed E-state index contributed by atoms with van der Waals surface area (Å²) in [5.74, 6) is 1.62. The van der Waals surface area contributed by atoms with Gasteiger partial charge >= 0.3 is 0 Å². The molecule has 0 saturated carbocycles. The van der Waals surface area contributed by atoms with Gasteiger partial charge < -0.3 is 5.32 Å². The van der Waals surface area contributed by atoms with Crippen LogP contribution in [0.2, 0.25) is 0 Å². The van der Waals surface area contributed by atoms with Crippen molar-refractivity contribution >= 4 is 7.85 Å². The third-order valence-electron chi connectivity index (χ3n) is 3.44. The standard InChI is InChI=1S/C11H26BN/c1-6-8-9(3)10(7-2)11(4,12)13-5/h9-10,13H,6-8,12H2,1-5H3. The topological polar surface area (TPSA) is 12.0 Å². The molecule has 0 spiro atoms. The normalized spacial score (nSPS) is 20.7. The van der Waals surface area contributed by atoms with Crippen LogP contribution in [-0.4, -0.2) is 20.3 Å². The highest BCUT2D eigenvalue weighted by atomic mass is 14.9. The average Bonchev–Trinajstić information content (AvgIpc) is 2.05. The first-order chi connectivity index (χ1) is 5.99. The zero-order valence-electron chi connectivity index (χ0n) is 10.3. The van der Waals surface area contributed by atoms with E-state index in [1.807, 2.05) is 0 Å². The molecule has 0 fully saturated rings. The Labute approximate surface area is 85.1 Å². The molecule has 0 radical (unpaired) electrons. The summed E-state index contributed by atoms with van der Waals surface area (Å²) in [7, 11) is 4.38. The minimum absolute atomic E-state index is 0.281. The van der Waals surface area contributed by atoms with Crippen molar-refractivity contribution < 1.29 is 0 Å². The van der Waals surface area contributed by atoms with E-state index in [1.54, 1.807) is 0 Å². The molecule has 0 aliphatic heterocycles. The minimum atomic E-state index is 0.281. The van der Waals surface area contributed by atoms with Crippen LogP contribution in [0.1, 0.15) is 47.0 Å². The van der Waals surface area contributed by atoms with E-state index in [0.717, 1.165) is 11.8 Å². The second-order valence-electron chi connectivity index (χ2n) is 4.75. The van der Waals surface area contributed by atoms with Crippen LogP contribution in [0, 0.1) is 11.8 Å². The van der Waals surface area contributed by atoms with Crippen LogP contribution in [0.15, 0.2) is 0 Å². The molecule has 1 N–H and O–H groups in total. The quantitative estimate of drug-likeness (QED) is 0.621. The van der Waals surface area contributed by atoms with E-state index < -0.39 is 0 Å². The van der Waals surface area contributed by atoms with Gasteiger partial charge in [-0.2, -0.15) is 0 Å². The van der Waals surface area contributed by atoms with Crippen molar-refractivity contribution in [2.24, 2.45) is 11.8 Å². The van der Waals surface area contributed by atoms with Gasteiger partial charge in [0.05, 0.1) is 0 Å². The maximum absolute atomic E-state index is 3.43. The molecule has 0 heterocycles. The summed E-state index contributed by atoms with van der Waals surface area (Å²) in [6, 6.07) is 0. The van der Waals surface area contributed by atoms with Gasteiger partial charge in [0.1, 0.15) is 7.85 Å². The molecule has 1 nitrogen and oxygen atoms in total. The largest absolute Gasteiger partial charge is 0.322 e. The first-order valence-corrected chi connectivity index (χ1v) is 5.68. The third-order valence-corrected chi connectivity index (χ3v) is 3.44. The molecule has 0 aliphatic carbocycles. The van der Waals surface area contributed by atoms with Crippen molar-refractivity contribution in [3.8, 4) is 0 Å². The molecule has 0 amide bonds. The Balaban J connectivity index is 4.31. The van der Waals surface area contributed by atoms with Gasteiger partial charge in [0.25, 0.3) is 0 Å². The predicted molar refractivity (Wildman–Crippen MR) is 63.9 cm³/mol. The number of nitrogens with one attached hydrogen (secondary N) is 1. The number of hydrogen-bond donors (Lipinski definition) is 1. The minimum Gasteiger partial charge on any atom is -0.322 e. The highest BCUT2D eigenvalue weighted by Gasteiger charge is 2.29. The molecular formula is C11H26BN. The highest BCUT2D eigenvalue weighted by molar-refractivity contribution is 6.15. The smallest absolute Gasteiger partial charge is 0.127 e.